The van der Waals surface area contributed by atoms with E-state index in [9.17, 15) is 0 Å². The second kappa shape index (κ2) is 7.23. The smallest absolute Gasteiger partial charge is 0.0843 e. The van der Waals surface area contributed by atoms with Crippen molar-refractivity contribution in [1.29, 1.82) is 0 Å². The number of benzene rings is 1. The van der Waals surface area contributed by atoms with Crippen LogP contribution in [-0.4, -0.2) is 6.54 Å². The quantitative estimate of drug-likeness (QED) is 0.639. The zero-order valence-electron chi connectivity index (χ0n) is 10.4. The maximum atomic E-state index is 6.05. The number of hydrogen-bond donors (Lipinski definition) is 1. The van der Waals surface area contributed by atoms with Crippen molar-refractivity contribution in [2.24, 2.45) is 0 Å². The van der Waals surface area contributed by atoms with Crippen LogP contribution in [0.2, 0.25) is 5.02 Å². The van der Waals surface area contributed by atoms with Gasteiger partial charge >= 0.3 is 0 Å². The number of halogens is 3. The lowest BCUT2D eigenvalue weighted by Crippen LogP contribution is -2.22. The normalized spacial score (nSPS) is 12.6. The van der Waals surface area contributed by atoms with Gasteiger partial charge in [-0.2, -0.15) is 0 Å². The van der Waals surface area contributed by atoms with E-state index in [1.54, 1.807) is 11.3 Å². The first-order valence-corrected chi connectivity index (χ1v) is 8.80. The zero-order chi connectivity index (χ0) is 13.8. The zero-order valence-corrected chi connectivity index (χ0v) is 15.2. The standard InChI is InChI=1S/C14H14Br2ClNS/c1-2-18-12(13-8-11(15)14(16)19-13)7-9-4-3-5-10(17)6-9/h3-6,8,12,18H,2,7H2,1H3. The van der Waals surface area contributed by atoms with Gasteiger partial charge in [0.1, 0.15) is 0 Å². The van der Waals surface area contributed by atoms with Crippen LogP contribution in [0.4, 0.5) is 0 Å². The van der Waals surface area contributed by atoms with E-state index < -0.39 is 0 Å². The number of nitrogens with one attached hydrogen (secondary N) is 1. The summed E-state index contributed by atoms with van der Waals surface area (Å²) >= 11 is 14.9. The van der Waals surface area contributed by atoms with Crippen molar-refractivity contribution in [2.45, 2.75) is 19.4 Å². The summed E-state index contributed by atoms with van der Waals surface area (Å²) in [4.78, 5) is 1.32. The van der Waals surface area contributed by atoms with Gasteiger partial charge in [-0.3, -0.25) is 0 Å². The predicted octanol–water partition coefficient (Wildman–Crippen LogP) is 5.82. The third-order valence-corrected chi connectivity index (χ3v) is 6.39. The maximum Gasteiger partial charge on any atom is 0.0843 e. The lowest BCUT2D eigenvalue weighted by molar-refractivity contribution is 0.558. The fraction of sp³-hybridized carbons (Fsp3) is 0.286. The Balaban J connectivity index is 2.20. The van der Waals surface area contributed by atoms with Crippen molar-refractivity contribution in [1.82, 2.24) is 5.32 Å². The van der Waals surface area contributed by atoms with E-state index in [1.165, 1.54) is 10.4 Å². The third-order valence-electron chi connectivity index (χ3n) is 2.79. The molecule has 0 aliphatic rings. The van der Waals surface area contributed by atoms with Crippen molar-refractivity contribution >= 4 is 54.8 Å². The molecule has 102 valence electrons. The molecule has 1 aromatic carbocycles. The number of rotatable bonds is 5. The summed E-state index contributed by atoms with van der Waals surface area (Å²) in [6, 6.07) is 10.5. The molecule has 1 unspecified atom stereocenters. The van der Waals surface area contributed by atoms with Crippen LogP contribution in [0.25, 0.3) is 0 Å². The van der Waals surface area contributed by atoms with E-state index in [-0.39, 0.29) is 0 Å². The van der Waals surface area contributed by atoms with Crippen LogP contribution in [0, 0.1) is 0 Å². The van der Waals surface area contributed by atoms with Crippen LogP contribution >= 0.6 is 54.8 Å². The average molecular weight is 424 g/mol. The molecule has 0 bridgehead atoms. The molecule has 19 heavy (non-hydrogen) atoms. The van der Waals surface area contributed by atoms with Crippen molar-refractivity contribution in [3.05, 3.63) is 54.1 Å². The van der Waals surface area contributed by atoms with Crippen LogP contribution in [0.15, 0.2) is 38.6 Å². The van der Waals surface area contributed by atoms with Gasteiger partial charge in [0.15, 0.2) is 0 Å². The molecule has 2 rings (SSSR count). The van der Waals surface area contributed by atoms with E-state index >= 15 is 0 Å². The average Bonchev–Trinajstić information content (AvgIpc) is 2.69. The summed E-state index contributed by atoms with van der Waals surface area (Å²) in [5.74, 6) is 0. The molecule has 0 radical (unpaired) electrons. The van der Waals surface area contributed by atoms with Crippen LogP contribution in [0.1, 0.15) is 23.4 Å². The predicted molar refractivity (Wildman–Crippen MR) is 91.3 cm³/mol. The van der Waals surface area contributed by atoms with E-state index in [0.717, 1.165) is 26.2 Å². The number of hydrogen-bond acceptors (Lipinski definition) is 2. The molecular formula is C14H14Br2ClNS. The molecule has 1 N–H and O–H groups in total. The third kappa shape index (κ3) is 4.30. The molecule has 5 heteroatoms. The highest BCUT2D eigenvalue weighted by Gasteiger charge is 2.15. The maximum absolute atomic E-state index is 6.05. The second-order valence-corrected chi connectivity index (χ2v) is 7.91. The fourth-order valence-corrected chi connectivity index (χ4v) is 4.33. The minimum absolute atomic E-state index is 0.316. The van der Waals surface area contributed by atoms with Gasteiger partial charge in [-0.1, -0.05) is 30.7 Å². The lowest BCUT2D eigenvalue weighted by Gasteiger charge is -2.16. The number of thiophene rings is 1. The van der Waals surface area contributed by atoms with Crippen LogP contribution in [0.3, 0.4) is 0 Å². The Morgan fingerprint density at radius 2 is 2.11 bits per heavy atom. The molecule has 1 heterocycles. The van der Waals surface area contributed by atoms with Gasteiger partial charge < -0.3 is 5.32 Å². The van der Waals surface area contributed by atoms with Gasteiger partial charge in [0, 0.05) is 20.4 Å². The van der Waals surface area contributed by atoms with Crippen molar-refractivity contribution in [3.63, 3.8) is 0 Å². The second-order valence-electron chi connectivity index (χ2n) is 4.21. The molecule has 2 aromatic rings. The SMILES string of the molecule is CCNC(Cc1cccc(Cl)c1)c1cc(Br)c(Br)s1. The van der Waals surface area contributed by atoms with Gasteiger partial charge in [-0.25, -0.2) is 0 Å². The van der Waals surface area contributed by atoms with E-state index in [1.807, 2.05) is 18.2 Å². The van der Waals surface area contributed by atoms with Crippen molar-refractivity contribution in [2.75, 3.05) is 6.54 Å². The Morgan fingerprint density at radius 3 is 2.68 bits per heavy atom. The largest absolute Gasteiger partial charge is 0.309 e. The lowest BCUT2D eigenvalue weighted by atomic mass is 10.0. The first kappa shape index (κ1) is 15.5. The molecule has 0 aliphatic carbocycles. The topological polar surface area (TPSA) is 12.0 Å². The molecule has 1 nitrogen and oxygen atoms in total. The molecule has 0 aliphatic heterocycles. The Kier molecular flexibility index (Phi) is 5.90. The molecule has 1 atom stereocenters. The Labute approximate surface area is 139 Å². The van der Waals surface area contributed by atoms with Crippen molar-refractivity contribution in [3.8, 4) is 0 Å². The minimum Gasteiger partial charge on any atom is -0.309 e. The molecule has 0 spiro atoms. The highest BCUT2D eigenvalue weighted by Crippen LogP contribution is 2.36. The van der Waals surface area contributed by atoms with E-state index in [2.05, 4.69) is 56.2 Å². The highest BCUT2D eigenvalue weighted by molar-refractivity contribution is 9.13. The first-order valence-electron chi connectivity index (χ1n) is 6.02. The van der Waals surface area contributed by atoms with Crippen LogP contribution in [-0.2, 0) is 6.42 Å². The van der Waals surface area contributed by atoms with Gasteiger partial charge in [-0.05, 0) is 68.6 Å². The van der Waals surface area contributed by atoms with Crippen molar-refractivity contribution < 1.29 is 0 Å². The first-order chi connectivity index (χ1) is 9.10. The summed E-state index contributed by atoms with van der Waals surface area (Å²) in [6.45, 7) is 3.07. The van der Waals surface area contributed by atoms with Gasteiger partial charge in [0.25, 0.3) is 0 Å². The fourth-order valence-electron chi connectivity index (χ4n) is 1.95. The summed E-state index contributed by atoms with van der Waals surface area (Å²) in [5.41, 5.74) is 1.25. The molecule has 0 amide bonds. The molecular weight excluding hydrogens is 409 g/mol. The van der Waals surface area contributed by atoms with E-state index in [4.69, 9.17) is 11.6 Å². The summed E-state index contributed by atoms with van der Waals surface area (Å²) < 4.78 is 2.25. The highest BCUT2D eigenvalue weighted by atomic mass is 79.9. The Hall–Kier alpha value is 0.130. The Bertz CT molecular complexity index is 537. The van der Waals surface area contributed by atoms with Crippen LogP contribution in [0.5, 0.6) is 0 Å². The molecule has 0 saturated heterocycles. The number of likely N-dealkylation sites (N-methyl/N-ethyl adjacent to an activating group) is 1. The monoisotopic (exact) mass is 421 g/mol. The minimum atomic E-state index is 0.316. The van der Waals surface area contributed by atoms with Gasteiger partial charge in [0.05, 0.1) is 3.79 Å². The van der Waals surface area contributed by atoms with Gasteiger partial charge in [-0.15, -0.1) is 11.3 Å². The molecule has 0 fully saturated rings. The molecule has 1 aromatic heterocycles. The summed E-state index contributed by atoms with van der Waals surface area (Å²) in [6.07, 6.45) is 0.938. The summed E-state index contributed by atoms with van der Waals surface area (Å²) in [7, 11) is 0. The van der Waals surface area contributed by atoms with Gasteiger partial charge in [0.2, 0.25) is 0 Å². The molecule has 0 saturated carbocycles. The Morgan fingerprint density at radius 1 is 1.32 bits per heavy atom. The van der Waals surface area contributed by atoms with Crippen LogP contribution < -0.4 is 5.32 Å². The summed E-state index contributed by atoms with van der Waals surface area (Å²) in [5, 5.41) is 4.33. The van der Waals surface area contributed by atoms with E-state index in [0.29, 0.717) is 6.04 Å².